The van der Waals surface area contributed by atoms with E-state index in [9.17, 15) is 0 Å². The SMILES string of the molecule is Cc1cnc(N)nc1Sc1cnn(C)c1. The quantitative estimate of drug-likeness (QED) is 0.773. The topological polar surface area (TPSA) is 69.6 Å². The van der Waals surface area contributed by atoms with Crippen LogP contribution in [0.1, 0.15) is 5.56 Å². The molecule has 0 radical (unpaired) electrons. The molecule has 15 heavy (non-hydrogen) atoms. The maximum Gasteiger partial charge on any atom is 0.221 e. The Hall–Kier alpha value is -1.56. The zero-order valence-electron chi connectivity index (χ0n) is 8.51. The number of anilines is 1. The lowest BCUT2D eigenvalue weighted by molar-refractivity contribution is 0.766. The minimum absolute atomic E-state index is 0.298. The molecule has 5 nitrogen and oxygen atoms in total. The fourth-order valence-electron chi connectivity index (χ4n) is 1.11. The summed E-state index contributed by atoms with van der Waals surface area (Å²) in [6.45, 7) is 1.96. The molecule has 0 unspecified atom stereocenters. The summed E-state index contributed by atoms with van der Waals surface area (Å²) in [6, 6.07) is 0. The van der Waals surface area contributed by atoms with Crippen molar-refractivity contribution < 1.29 is 0 Å². The zero-order valence-corrected chi connectivity index (χ0v) is 9.32. The summed E-state index contributed by atoms with van der Waals surface area (Å²) in [4.78, 5) is 9.13. The maximum absolute atomic E-state index is 5.53. The van der Waals surface area contributed by atoms with Gasteiger partial charge in [0.2, 0.25) is 5.95 Å². The van der Waals surface area contributed by atoms with Crippen LogP contribution in [0.5, 0.6) is 0 Å². The van der Waals surface area contributed by atoms with E-state index in [2.05, 4.69) is 15.1 Å². The molecular weight excluding hydrogens is 210 g/mol. The van der Waals surface area contributed by atoms with Crippen LogP contribution in [0.3, 0.4) is 0 Å². The average Bonchev–Trinajstić information content (AvgIpc) is 2.58. The van der Waals surface area contributed by atoms with Crippen molar-refractivity contribution in [2.45, 2.75) is 16.8 Å². The molecule has 6 heteroatoms. The van der Waals surface area contributed by atoms with Gasteiger partial charge in [-0.1, -0.05) is 11.8 Å². The third-order valence-electron chi connectivity index (χ3n) is 1.84. The molecule has 78 valence electrons. The third kappa shape index (κ3) is 2.27. The van der Waals surface area contributed by atoms with Gasteiger partial charge in [-0.3, -0.25) is 4.68 Å². The molecule has 0 amide bonds. The number of nitrogens with zero attached hydrogens (tertiary/aromatic N) is 4. The van der Waals surface area contributed by atoms with Gasteiger partial charge in [-0.25, -0.2) is 9.97 Å². The van der Waals surface area contributed by atoms with Gasteiger partial charge >= 0.3 is 0 Å². The molecular formula is C9H11N5S. The van der Waals surface area contributed by atoms with Gasteiger partial charge in [0.1, 0.15) is 5.03 Å². The first-order valence-corrected chi connectivity index (χ1v) is 5.22. The predicted octanol–water partition coefficient (Wildman–Crippen LogP) is 1.25. The van der Waals surface area contributed by atoms with Gasteiger partial charge in [0.25, 0.3) is 0 Å². The predicted molar refractivity (Wildman–Crippen MR) is 58.5 cm³/mol. The maximum atomic E-state index is 5.53. The highest BCUT2D eigenvalue weighted by Gasteiger charge is 2.05. The summed E-state index contributed by atoms with van der Waals surface area (Å²) in [7, 11) is 1.88. The number of nitrogens with two attached hydrogens (primary N) is 1. The second-order valence-electron chi connectivity index (χ2n) is 3.17. The Bertz CT molecular complexity index is 479. The highest BCUT2D eigenvalue weighted by atomic mass is 32.2. The van der Waals surface area contributed by atoms with Crippen LogP contribution in [0, 0.1) is 6.92 Å². The molecule has 0 bridgehead atoms. The molecule has 2 aromatic heterocycles. The van der Waals surface area contributed by atoms with E-state index in [1.54, 1.807) is 17.1 Å². The van der Waals surface area contributed by atoms with E-state index >= 15 is 0 Å². The first kappa shape index (κ1) is 9.97. The Morgan fingerprint density at radius 3 is 2.87 bits per heavy atom. The average molecular weight is 221 g/mol. The van der Waals surface area contributed by atoms with Gasteiger partial charge in [0, 0.05) is 25.0 Å². The Balaban J connectivity index is 2.27. The van der Waals surface area contributed by atoms with Crippen molar-refractivity contribution in [3.8, 4) is 0 Å². The molecule has 2 rings (SSSR count). The van der Waals surface area contributed by atoms with Gasteiger partial charge < -0.3 is 5.73 Å². The second-order valence-corrected chi connectivity index (χ2v) is 4.23. The van der Waals surface area contributed by atoms with Crippen molar-refractivity contribution in [3.05, 3.63) is 24.2 Å². The van der Waals surface area contributed by atoms with Crippen molar-refractivity contribution >= 4 is 17.7 Å². The van der Waals surface area contributed by atoms with E-state index in [1.165, 1.54) is 11.8 Å². The minimum atomic E-state index is 0.298. The fraction of sp³-hybridized carbons (Fsp3) is 0.222. The number of aromatic nitrogens is 4. The number of hydrogen-bond donors (Lipinski definition) is 1. The van der Waals surface area contributed by atoms with Gasteiger partial charge in [0.05, 0.1) is 11.1 Å². The van der Waals surface area contributed by atoms with Gasteiger partial charge in [-0.15, -0.1) is 0 Å². The van der Waals surface area contributed by atoms with Crippen LogP contribution in [0.25, 0.3) is 0 Å². The van der Waals surface area contributed by atoms with Crippen LogP contribution in [0.15, 0.2) is 28.5 Å². The summed E-state index contributed by atoms with van der Waals surface area (Å²) in [6.07, 6.45) is 5.45. The van der Waals surface area contributed by atoms with Crippen molar-refractivity contribution in [1.82, 2.24) is 19.7 Å². The first-order valence-electron chi connectivity index (χ1n) is 4.41. The lowest BCUT2D eigenvalue weighted by atomic mass is 10.4. The highest BCUT2D eigenvalue weighted by Crippen LogP contribution is 2.27. The lowest BCUT2D eigenvalue weighted by Crippen LogP contribution is -1.96. The molecule has 2 heterocycles. The molecule has 0 saturated heterocycles. The number of aryl methyl sites for hydroxylation is 2. The monoisotopic (exact) mass is 221 g/mol. The Kier molecular flexibility index (Phi) is 2.59. The summed E-state index contributed by atoms with van der Waals surface area (Å²) in [5.74, 6) is 0.298. The van der Waals surface area contributed by atoms with E-state index in [-0.39, 0.29) is 0 Å². The third-order valence-corrected chi connectivity index (χ3v) is 2.89. The molecule has 0 aliphatic rings. The minimum Gasteiger partial charge on any atom is -0.368 e. The molecule has 0 aromatic carbocycles. The first-order chi connectivity index (χ1) is 7.15. The smallest absolute Gasteiger partial charge is 0.221 e. The van der Waals surface area contributed by atoms with Crippen LogP contribution in [0.4, 0.5) is 5.95 Å². The van der Waals surface area contributed by atoms with Gasteiger partial charge in [-0.05, 0) is 6.92 Å². The number of rotatable bonds is 2. The van der Waals surface area contributed by atoms with E-state index in [4.69, 9.17) is 5.73 Å². The summed E-state index contributed by atoms with van der Waals surface area (Å²) >= 11 is 1.53. The summed E-state index contributed by atoms with van der Waals surface area (Å²) in [5, 5.41) is 4.96. The normalized spacial score (nSPS) is 10.5. The van der Waals surface area contributed by atoms with Crippen LogP contribution in [-0.2, 0) is 7.05 Å². The number of nitrogen functional groups attached to an aromatic ring is 1. The Morgan fingerprint density at radius 1 is 1.40 bits per heavy atom. The van der Waals surface area contributed by atoms with Crippen molar-refractivity contribution in [1.29, 1.82) is 0 Å². The van der Waals surface area contributed by atoms with Crippen molar-refractivity contribution in [3.63, 3.8) is 0 Å². The zero-order chi connectivity index (χ0) is 10.8. The Labute approximate surface area is 91.7 Å². The summed E-state index contributed by atoms with van der Waals surface area (Å²) < 4.78 is 1.75. The van der Waals surface area contributed by atoms with Crippen molar-refractivity contribution in [2.75, 3.05) is 5.73 Å². The van der Waals surface area contributed by atoms with Gasteiger partial charge in [0.15, 0.2) is 0 Å². The molecule has 0 spiro atoms. The van der Waals surface area contributed by atoms with Crippen LogP contribution < -0.4 is 5.73 Å². The van der Waals surface area contributed by atoms with Crippen LogP contribution in [-0.4, -0.2) is 19.7 Å². The standard InChI is InChI=1S/C9H11N5S/c1-6-3-11-9(10)13-8(6)15-7-4-12-14(2)5-7/h3-5H,1-2H3,(H2,10,11,13). The molecule has 0 aliphatic carbocycles. The molecule has 2 aromatic rings. The second kappa shape index (κ2) is 3.90. The highest BCUT2D eigenvalue weighted by molar-refractivity contribution is 7.99. The van der Waals surface area contributed by atoms with E-state index in [0.717, 1.165) is 15.5 Å². The molecule has 0 fully saturated rings. The lowest BCUT2D eigenvalue weighted by Gasteiger charge is -2.02. The van der Waals surface area contributed by atoms with Crippen LogP contribution in [0.2, 0.25) is 0 Å². The number of hydrogen-bond acceptors (Lipinski definition) is 5. The molecule has 0 saturated carbocycles. The molecule has 2 N–H and O–H groups in total. The largest absolute Gasteiger partial charge is 0.368 e. The van der Waals surface area contributed by atoms with Crippen molar-refractivity contribution in [2.24, 2.45) is 7.05 Å². The van der Waals surface area contributed by atoms with E-state index < -0.39 is 0 Å². The van der Waals surface area contributed by atoms with E-state index in [0.29, 0.717) is 5.95 Å². The fourth-order valence-corrected chi connectivity index (χ4v) is 1.99. The summed E-state index contributed by atoms with van der Waals surface area (Å²) in [5.41, 5.74) is 6.54. The van der Waals surface area contributed by atoms with E-state index in [1.807, 2.05) is 20.2 Å². The Morgan fingerprint density at radius 2 is 2.20 bits per heavy atom. The molecule has 0 aliphatic heterocycles. The van der Waals surface area contributed by atoms with Crippen LogP contribution >= 0.6 is 11.8 Å². The molecule has 0 atom stereocenters. The van der Waals surface area contributed by atoms with Gasteiger partial charge in [-0.2, -0.15) is 5.10 Å².